The number of urea groups is 1. The number of rotatable bonds is 10. The fraction of sp³-hybridized carbons (Fsp3) is 0.625. The molecule has 1 unspecified atom stereocenters. The van der Waals surface area contributed by atoms with Crippen molar-refractivity contribution in [3.63, 3.8) is 0 Å². The molecule has 7 nitrogen and oxygen atoms in total. The molecule has 180 valence electrons. The van der Waals surface area contributed by atoms with E-state index in [2.05, 4.69) is 5.32 Å². The Morgan fingerprint density at radius 1 is 1.00 bits per heavy atom. The van der Waals surface area contributed by atoms with Gasteiger partial charge in [0.1, 0.15) is 5.60 Å². The molecular weight excluding hydrogens is 428 g/mol. The Morgan fingerprint density at radius 3 is 2.16 bits per heavy atom. The van der Waals surface area contributed by atoms with Gasteiger partial charge in [0, 0.05) is 25.8 Å². The van der Waals surface area contributed by atoms with Gasteiger partial charge in [-0.2, -0.15) is 0 Å². The topological polar surface area (TPSA) is 84.9 Å². The van der Waals surface area contributed by atoms with Crippen LogP contribution in [0.15, 0.2) is 30.3 Å². The van der Waals surface area contributed by atoms with Crippen LogP contribution in [0.2, 0.25) is 0 Å². The van der Waals surface area contributed by atoms with Gasteiger partial charge >= 0.3 is 12.0 Å². The number of hydrogen-bond donors (Lipinski definition) is 1. The van der Waals surface area contributed by atoms with Crippen LogP contribution >= 0.6 is 11.8 Å². The fourth-order valence-corrected chi connectivity index (χ4v) is 3.24. The number of nitrogens with zero attached hydrogens (tertiary/aromatic N) is 1. The zero-order valence-electron chi connectivity index (χ0n) is 20.4. The molecule has 0 saturated heterocycles. The molecule has 0 spiro atoms. The number of ether oxygens (including phenoxy) is 2. The average molecular weight is 467 g/mol. The van der Waals surface area contributed by atoms with Crippen molar-refractivity contribution >= 4 is 28.9 Å². The van der Waals surface area contributed by atoms with E-state index in [0.29, 0.717) is 25.3 Å². The summed E-state index contributed by atoms with van der Waals surface area (Å²) >= 11 is 1.17. The second-order valence-electron chi connectivity index (χ2n) is 9.52. The van der Waals surface area contributed by atoms with Crippen LogP contribution in [0.3, 0.4) is 0 Å². The van der Waals surface area contributed by atoms with Gasteiger partial charge in [-0.05, 0) is 53.5 Å². The third-order valence-corrected chi connectivity index (χ3v) is 4.93. The lowest BCUT2D eigenvalue weighted by Crippen LogP contribution is -2.53. The van der Waals surface area contributed by atoms with E-state index in [1.54, 1.807) is 25.7 Å². The zero-order valence-corrected chi connectivity index (χ0v) is 21.2. The maximum Gasteiger partial charge on any atom is 0.331 e. The van der Waals surface area contributed by atoms with Crippen LogP contribution in [0, 0.1) is 0 Å². The summed E-state index contributed by atoms with van der Waals surface area (Å²) in [5, 5.41) is 2.78. The number of esters is 1. The van der Waals surface area contributed by atoms with Crippen LogP contribution in [-0.4, -0.2) is 64.7 Å². The van der Waals surface area contributed by atoms with Crippen LogP contribution in [0.4, 0.5) is 4.79 Å². The lowest BCUT2D eigenvalue weighted by atomic mass is 10.1. The Hall–Kier alpha value is -2.06. The Kier molecular flexibility index (Phi) is 11.2. The highest BCUT2D eigenvalue weighted by Crippen LogP contribution is 2.13. The summed E-state index contributed by atoms with van der Waals surface area (Å²) in [5.41, 5.74) is -0.0625. The molecule has 2 amide bonds. The van der Waals surface area contributed by atoms with E-state index in [9.17, 15) is 14.4 Å². The predicted molar refractivity (Wildman–Crippen MR) is 129 cm³/mol. The molecule has 1 atom stereocenters. The van der Waals surface area contributed by atoms with Crippen molar-refractivity contribution in [2.75, 3.05) is 25.4 Å². The average Bonchev–Trinajstić information content (AvgIpc) is 2.66. The van der Waals surface area contributed by atoms with Crippen molar-refractivity contribution in [2.45, 2.75) is 72.1 Å². The summed E-state index contributed by atoms with van der Waals surface area (Å²) in [6.07, 6.45) is 0.661. The molecule has 0 aromatic heterocycles. The number of carbonyl (C=O) groups is 3. The monoisotopic (exact) mass is 466 g/mol. The summed E-state index contributed by atoms with van der Waals surface area (Å²) in [6, 6.07) is 8.51. The molecule has 0 radical (unpaired) electrons. The highest BCUT2D eigenvalue weighted by molar-refractivity contribution is 8.13. The van der Waals surface area contributed by atoms with Gasteiger partial charge in [0.15, 0.2) is 11.2 Å². The minimum absolute atomic E-state index is 0.00112. The molecule has 0 fully saturated rings. The molecule has 1 aromatic carbocycles. The van der Waals surface area contributed by atoms with Crippen molar-refractivity contribution < 1.29 is 23.9 Å². The minimum Gasteiger partial charge on any atom is -0.458 e. The predicted octanol–water partition coefficient (Wildman–Crippen LogP) is 4.05. The third-order valence-electron chi connectivity index (χ3n) is 4.14. The lowest BCUT2D eigenvalue weighted by Gasteiger charge is -2.29. The normalized spacial score (nSPS) is 12.7. The van der Waals surface area contributed by atoms with Gasteiger partial charge in [0.05, 0.1) is 12.2 Å². The first-order valence-electron chi connectivity index (χ1n) is 10.9. The van der Waals surface area contributed by atoms with Gasteiger partial charge in [-0.1, -0.05) is 42.1 Å². The summed E-state index contributed by atoms with van der Waals surface area (Å²) in [5.74, 6) is -0.0659. The smallest absolute Gasteiger partial charge is 0.331 e. The summed E-state index contributed by atoms with van der Waals surface area (Å²) in [7, 11) is 0. The number of benzene rings is 1. The highest BCUT2D eigenvalue weighted by atomic mass is 32.2. The molecule has 0 heterocycles. The van der Waals surface area contributed by atoms with E-state index in [1.807, 2.05) is 51.1 Å². The van der Waals surface area contributed by atoms with E-state index in [-0.39, 0.29) is 11.7 Å². The van der Waals surface area contributed by atoms with Crippen molar-refractivity contribution in [1.82, 2.24) is 10.2 Å². The molecular formula is C24H38N2O5S. The summed E-state index contributed by atoms with van der Waals surface area (Å²) in [6.45, 7) is 13.3. The lowest BCUT2D eigenvalue weighted by molar-refractivity contribution is -0.160. The second kappa shape index (κ2) is 12.8. The number of hydrogen-bond acceptors (Lipinski definition) is 6. The van der Waals surface area contributed by atoms with Crippen LogP contribution in [0.25, 0.3) is 0 Å². The van der Waals surface area contributed by atoms with E-state index < -0.39 is 29.2 Å². The molecule has 0 aliphatic heterocycles. The van der Waals surface area contributed by atoms with Crippen molar-refractivity contribution in [1.29, 1.82) is 0 Å². The molecule has 0 bridgehead atoms. The standard InChI is InChI=1S/C24H38N2O5S/c1-18(27)32-16-15-26(14-13-19-11-9-8-10-12-19)22(29)25-20(17-30-23(2,3)4)21(28)31-24(5,6)7/h8-12,20H,13-17H2,1-7H3,(H,25,29). The number of carbonyl (C=O) groups excluding carboxylic acids is 3. The van der Waals surface area contributed by atoms with E-state index in [1.165, 1.54) is 18.7 Å². The van der Waals surface area contributed by atoms with Crippen molar-refractivity contribution in [3.8, 4) is 0 Å². The van der Waals surface area contributed by atoms with Gasteiger partial charge in [0.25, 0.3) is 0 Å². The first-order chi connectivity index (χ1) is 14.8. The molecule has 1 aromatic rings. The molecule has 0 aliphatic carbocycles. The van der Waals surface area contributed by atoms with Gasteiger partial charge in [-0.25, -0.2) is 9.59 Å². The van der Waals surface area contributed by atoms with Crippen LogP contribution in [-0.2, 0) is 25.5 Å². The van der Waals surface area contributed by atoms with Gasteiger partial charge < -0.3 is 19.7 Å². The molecule has 32 heavy (non-hydrogen) atoms. The largest absolute Gasteiger partial charge is 0.458 e. The molecule has 8 heteroatoms. The Bertz CT molecular complexity index is 741. The first-order valence-corrected chi connectivity index (χ1v) is 11.8. The maximum absolute atomic E-state index is 13.1. The number of nitrogens with one attached hydrogen (secondary N) is 1. The van der Waals surface area contributed by atoms with Gasteiger partial charge in [-0.15, -0.1) is 0 Å². The van der Waals surface area contributed by atoms with E-state index >= 15 is 0 Å². The summed E-state index contributed by atoms with van der Waals surface area (Å²) < 4.78 is 11.3. The quantitative estimate of drug-likeness (QED) is 0.524. The highest BCUT2D eigenvalue weighted by Gasteiger charge is 2.30. The van der Waals surface area contributed by atoms with Gasteiger partial charge in [0.2, 0.25) is 0 Å². The fourth-order valence-electron chi connectivity index (χ4n) is 2.64. The Balaban J connectivity index is 2.91. The Morgan fingerprint density at radius 2 is 1.62 bits per heavy atom. The third kappa shape index (κ3) is 12.7. The maximum atomic E-state index is 13.1. The SMILES string of the molecule is CC(=O)SCCN(CCc1ccccc1)C(=O)NC(COC(C)(C)C)C(=O)OC(C)(C)C. The molecule has 1 N–H and O–H groups in total. The van der Waals surface area contributed by atoms with Crippen LogP contribution in [0.5, 0.6) is 0 Å². The van der Waals surface area contributed by atoms with Crippen LogP contribution in [0.1, 0.15) is 54.0 Å². The van der Waals surface area contributed by atoms with Crippen LogP contribution < -0.4 is 5.32 Å². The molecule has 0 aliphatic rings. The minimum atomic E-state index is -0.944. The summed E-state index contributed by atoms with van der Waals surface area (Å²) in [4.78, 5) is 38.8. The molecule has 1 rings (SSSR count). The van der Waals surface area contributed by atoms with Gasteiger partial charge in [-0.3, -0.25) is 4.79 Å². The number of thioether (sulfide) groups is 1. The first kappa shape index (κ1) is 28.0. The zero-order chi connectivity index (χ0) is 24.4. The molecule has 0 saturated carbocycles. The van der Waals surface area contributed by atoms with Crippen molar-refractivity contribution in [2.24, 2.45) is 0 Å². The Labute approximate surface area is 196 Å². The van der Waals surface area contributed by atoms with E-state index in [4.69, 9.17) is 9.47 Å². The van der Waals surface area contributed by atoms with E-state index in [0.717, 1.165) is 5.56 Å². The van der Waals surface area contributed by atoms with Crippen molar-refractivity contribution in [3.05, 3.63) is 35.9 Å². The second-order valence-corrected chi connectivity index (χ2v) is 10.8. The number of amides is 2.